The van der Waals surface area contributed by atoms with Gasteiger partial charge in [-0.05, 0) is 23.4 Å². The molecule has 0 aromatic carbocycles. The molecule has 0 saturated heterocycles. The Kier molecular flexibility index (Phi) is 2.82. The fourth-order valence-corrected chi connectivity index (χ4v) is 2.15. The lowest BCUT2D eigenvalue weighted by atomic mass is 10.1. The number of aromatic amines is 1. The van der Waals surface area contributed by atoms with E-state index in [0.717, 1.165) is 16.1 Å². The van der Waals surface area contributed by atoms with E-state index in [-0.39, 0.29) is 5.91 Å². The lowest BCUT2D eigenvalue weighted by molar-refractivity contribution is -0.117. The third-order valence-electron chi connectivity index (χ3n) is 2.13. The highest BCUT2D eigenvalue weighted by molar-refractivity contribution is 7.13. The number of amides is 1. The standard InChI is InChI=1S/C10H11N3OS/c11-9(14)4-3-7-6-12-13-10(7)8-2-1-5-15-8/h1-2,5-6H,3-4H2,(H2,11,14)(H,12,13). The highest BCUT2D eigenvalue weighted by Gasteiger charge is 2.09. The number of hydrogen-bond acceptors (Lipinski definition) is 3. The van der Waals surface area contributed by atoms with Crippen LogP contribution in [0.25, 0.3) is 10.6 Å². The number of carbonyl (C=O) groups excluding carboxylic acids is 1. The molecule has 0 atom stereocenters. The van der Waals surface area contributed by atoms with Crippen LogP contribution in [0.1, 0.15) is 12.0 Å². The van der Waals surface area contributed by atoms with Crippen molar-refractivity contribution >= 4 is 17.2 Å². The summed E-state index contributed by atoms with van der Waals surface area (Å²) in [4.78, 5) is 11.8. The molecule has 0 saturated carbocycles. The Balaban J connectivity index is 2.19. The molecule has 0 aliphatic carbocycles. The number of nitrogens with zero attached hydrogens (tertiary/aromatic N) is 1. The highest BCUT2D eigenvalue weighted by Crippen LogP contribution is 2.26. The average Bonchev–Trinajstić information content (AvgIpc) is 2.85. The molecule has 0 bridgehead atoms. The molecule has 0 unspecified atom stereocenters. The maximum Gasteiger partial charge on any atom is 0.217 e. The molecule has 0 radical (unpaired) electrons. The van der Waals surface area contributed by atoms with E-state index in [0.29, 0.717) is 12.8 Å². The molecule has 2 aromatic heterocycles. The summed E-state index contributed by atoms with van der Waals surface area (Å²) in [6, 6.07) is 4.00. The van der Waals surface area contributed by atoms with Crippen molar-refractivity contribution in [1.82, 2.24) is 10.2 Å². The number of primary amides is 1. The summed E-state index contributed by atoms with van der Waals surface area (Å²) in [5, 5.41) is 8.93. The summed E-state index contributed by atoms with van der Waals surface area (Å²) < 4.78 is 0. The average molecular weight is 221 g/mol. The number of aryl methyl sites for hydroxylation is 1. The minimum Gasteiger partial charge on any atom is -0.370 e. The second kappa shape index (κ2) is 4.27. The second-order valence-electron chi connectivity index (χ2n) is 3.21. The summed E-state index contributed by atoms with van der Waals surface area (Å²) in [7, 11) is 0. The zero-order valence-corrected chi connectivity index (χ0v) is 8.88. The maximum absolute atomic E-state index is 10.7. The molecule has 15 heavy (non-hydrogen) atoms. The number of carbonyl (C=O) groups is 1. The zero-order chi connectivity index (χ0) is 10.7. The fourth-order valence-electron chi connectivity index (χ4n) is 1.39. The Morgan fingerprint density at radius 3 is 3.13 bits per heavy atom. The minimum absolute atomic E-state index is 0.284. The Bertz CT molecular complexity index is 447. The van der Waals surface area contributed by atoms with Gasteiger partial charge in [-0.3, -0.25) is 9.89 Å². The van der Waals surface area contributed by atoms with E-state index in [1.54, 1.807) is 17.5 Å². The SMILES string of the molecule is NC(=O)CCc1cn[nH]c1-c1cccs1. The first-order chi connectivity index (χ1) is 7.27. The normalized spacial score (nSPS) is 10.4. The molecule has 2 aromatic rings. The van der Waals surface area contributed by atoms with Crippen LogP contribution in [0.3, 0.4) is 0 Å². The van der Waals surface area contributed by atoms with Gasteiger partial charge in [0.05, 0.1) is 16.8 Å². The van der Waals surface area contributed by atoms with E-state index in [4.69, 9.17) is 5.73 Å². The number of hydrogen-bond donors (Lipinski definition) is 2. The van der Waals surface area contributed by atoms with Crippen molar-refractivity contribution in [2.24, 2.45) is 5.73 Å². The van der Waals surface area contributed by atoms with Crippen molar-refractivity contribution in [1.29, 1.82) is 0 Å². The van der Waals surface area contributed by atoms with Crippen LogP contribution in [-0.4, -0.2) is 16.1 Å². The predicted octanol–water partition coefficient (Wildman–Crippen LogP) is 1.56. The largest absolute Gasteiger partial charge is 0.370 e. The molecule has 2 heterocycles. The number of thiophene rings is 1. The summed E-state index contributed by atoms with van der Waals surface area (Å²) in [6.45, 7) is 0. The van der Waals surface area contributed by atoms with Gasteiger partial charge >= 0.3 is 0 Å². The summed E-state index contributed by atoms with van der Waals surface area (Å²) >= 11 is 1.64. The zero-order valence-electron chi connectivity index (χ0n) is 8.06. The van der Waals surface area contributed by atoms with E-state index >= 15 is 0 Å². The van der Waals surface area contributed by atoms with Crippen molar-refractivity contribution in [3.05, 3.63) is 29.3 Å². The van der Waals surface area contributed by atoms with E-state index in [1.807, 2.05) is 17.5 Å². The lowest BCUT2D eigenvalue weighted by Gasteiger charge is -1.98. The molecule has 1 amide bonds. The molecule has 4 nitrogen and oxygen atoms in total. The number of H-pyrrole nitrogens is 1. The first-order valence-corrected chi connectivity index (χ1v) is 5.50. The number of nitrogens with one attached hydrogen (secondary N) is 1. The van der Waals surface area contributed by atoms with Gasteiger partial charge < -0.3 is 5.73 Å². The van der Waals surface area contributed by atoms with Gasteiger partial charge in [0.2, 0.25) is 5.91 Å². The van der Waals surface area contributed by atoms with E-state index < -0.39 is 0 Å². The second-order valence-corrected chi connectivity index (χ2v) is 4.16. The van der Waals surface area contributed by atoms with Crippen LogP contribution in [0, 0.1) is 0 Å². The molecule has 0 spiro atoms. The van der Waals surface area contributed by atoms with E-state index in [1.165, 1.54) is 0 Å². The molecule has 0 aliphatic rings. The topological polar surface area (TPSA) is 71.8 Å². The molecule has 0 fully saturated rings. The van der Waals surface area contributed by atoms with Crippen molar-refractivity contribution < 1.29 is 4.79 Å². The predicted molar refractivity (Wildman–Crippen MR) is 59.4 cm³/mol. The molecule has 2 rings (SSSR count). The van der Waals surface area contributed by atoms with Crippen LogP contribution < -0.4 is 5.73 Å². The van der Waals surface area contributed by atoms with Crippen LogP contribution in [0.5, 0.6) is 0 Å². The van der Waals surface area contributed by atoms with Crippen LogP contribution in [0.4, 0.5) is 0 Å². The number of nitrogens with two attached hydrogens (primary N) is 1. The van der Waals surface area contributed by atoms with Gasteiger partial charge in [0.1, 0.15) is 0 Å². The quantitative estimate of drug-likeness (QED) is 0.822. The first kappa shape index (κ1) is 9.92. The van der Waals surface area contributed by atoms with Crippen molar-refractivity contribution in [3.8, 4) is 10.6 Å². The van der Waals surface area contributed by atoms with Gasteiger partial charge in [0.15, 0.2) is 0 Å². The maximum atomic E-state index is 10.7. The Hall–Kier alpha value is -1.62. The van der Waals surface area contributed by atoms with Crippen LogP contribution >= 0.6 is 11.3 Å². The van der Waals surface area contributed by atoms with Gasteiger partial charge in [-0.25, -0.2) is 0 Å². The monoisotopic (exact) mass is 221 g/mol. The summed E-state index contributed by atoms with van der Waals surface area (Å²) in [6.07, 6.45) is 2.75. The first-order valence-electron chi connectivity index (χ1n) is 4.62. The van der Waals surface area contributed by atoms with Crippen LogP contribution in [0.15, 0.2) is 23.7 Å². The van der Waals surface area contributed by atoms with Gasteiger partial charge in [0.25, 0.3) is 0 Å². The van der Waals surface area contributed by atoms with Crippen LogP contribution in [-0.2, 0) is 11.2 Å². The smallest absolute Gasteiger partial charge is 0.217 e. The highest BCUT2D eigenvalue weighted by atomic mass is 32.1. The Morgan fingerprint density at radius 1 is 1.60 bits per heavy atom. The summed E-state index contributed by atoms with van der Waals surface area (Å²) in [5.41, 5.74) is 7.14. The van der Waals surface area contributed by atoms with Gasteiger partial charge in [0, 0.05) is 6.42 Å². The van der Waals surface area contributed by atoms with E-state index in [2.05, 4.69) is 10.2 Å². The minimum atomic E-state index is -0.284. The lowest BCUT2D eigenvalue weighted by Crippen LogP contribution is -2.11. The molecule has 78 valence electrons. The van der Waals surface area contributed by atoms with E-state index in [9.17, 15) is 4.79 Å². The van der Waals surface area contributed by atoms with Crippen molar-refractivity contribution in [3.63, 3.8) is 0 Å². The van der Waals surface area contributed by atoms with Gasteiger partial charge in [-0.15, -0.1) is 11.3 Å². The third-order valence-corrected chi connectivity index (χ3v) is 3.01. The van der Waals surface area contributed by atoms with Gasteiger partial charge in [-0.2, -0.15) is 5.10 Å². The number of rotatable bonds is 4. The fraction of sp³-hybridized carbons (Fsp3) is 0.200. The summed E-state index contributed by atoms with van der Waals surface area (Å²) in [5.74, 6) is -0.284. The van der Waals surface area contributed by atoms with Crippen molar-refractivity contribution in [2.75, 3.05) is 0 Å². The Labute approximate surface area is 91.1 Å². The van der Waals surface area contributed by atoms with Crippen LogP contribution in [0.2, 0.25) is 0 Å². The Morgan fingerprint density at radius 2 is 2.47 bits per heavy atom. The molecular formula is C10H11N3OS. The molecule has 0 aliphatic heterocycles. The number of aromatic nitrogens is 2. The molecular weight excluding hydrogens is 210 g/mol. The molecule has 3 N–H and O–H groups in total. The third kappa shape index (κ3) is 2.24. The van der Waals surface area contributed by atoms with Crippen molar-refractivity contribution in [2.45, 2.75) is 12.8 Å². The van der Waals surface area contributed by atoms with Gasteiger partial charge in [-0.1, -0.05) is 6.07 Å². The molecule has 5 heteroatoms.